The van der Waals surface area contributed by atoms with E-state index >= 15 is 0 Å². The van der Waals surface area contributed by atoms with Gasteiger partial charge in [0.15, 0.2) is 0 Å². The van der Waals surface area contributed by atoms with Gasteiger partial charge in [0.2, 0.25) is 0 Å². The van der Waals surface area contributed by atoms with Gasteiger partial charge in [0.25, 0.3) is 0 Å². The molecule has 1 atom stereocenters. The van der Waals surface area contributed by atoms with Crippen LogP contribution in [0.2, 0.25) is 0 Å². The number of hydrogen-bond donors (Lipinski definition) is 1. The molecule has 0 amide bonds. The maximum absolute atomic E-state index is 10.8. The zero-order valence-corrected chi connectivity index (χ0v) is 10.9. The number of carbonyl (C=O) groups is 1. The standard InChI is InChI=1S/C11H14INO2/c1-8(11(14)15)13(2)7-9-5-3-4-6-10(9)12/h3-6,8H,7H2,1-2H3,(H,14,15)/t8-/m0/s1. The fourth-order valence-corrected chi connectivity index (χ4v) is 1.78. The van der Waals surface area contributed by atoms with E-state index in [1.807, 2.05) is 36.2 Å². The molecule has 4 heteroatoms. The minimum atomic E-state index is -0.788. The number of carboxylic acid groups (broad SMARTS) is 1. The van der Waals surface area contributed by atoms with Crippen molar-refractivity contribution in [3.8, 4) is 0 Å². The predicted octanol–water partition coefficient (Wildman–Crippen LogP) is 2.20. The molecule has 1 aromatic carbocycles. The first-order valence-electron chi connectivity index (χ1n) is 4.69. The van der Waals surface area contributed by atoms with Crippen molar-refractivity contribution in [2.75, 3.05) is 7.05 Å². The van der Waals surface area contributed by atoms with Crippen molar-refractivity contribution in [2.24, 2.45) is 0 Å². The van der Waals surface area contributed by atoms with Gasteiger partial charge < -0.3 is 5.11 Å². The number of hydrogen-bond acceptors (Lipinski definition) is 2. The molecule has 1 rings (SSSR count). The Bertz CT molecular complexity index is 354. The molecule has 0 saturated heterocycles. The van der Waals surface area contributed by atoms with Gasteiger partial charge in [-0.15, -0.1) is 0 Å². The quantitative estimate of drug-likeness (QED) is 0.865. The molecule has 0 aliphatic rings. The van der Waals surface area contributed by atoms with E-state index in [9.17, 15) is 4.79 Å². The van der Waals surface area contributed by atoms with Crippen molar-refractivity contribution >= 4 is 28.6 Å². The number of carboxylic acids is 1. The van der Waals surface area contributed by atoms with Crippen LogP contribution >= 0.6 is 22.6 Å². The molecule has 3 nitrogen and oxygen atoms in total. The monoisotopic (exact) mass is 319 g/mol. The van der Waals surface area contributed by atoms with Gasteiger partial charge in [-0.25, -0.2) is 0 Å². The number of rotatable bonds is 4. The summed E-state index contributed by atoms with van der Waals surface area (Å²) < 4.78 is 1.17. The zero-order chi connectivity index (χ0) is 11.4. The van der Waals surface area contributed by atoms with Crippen molar-refractivity contribution in [3.63, 3.8) is 0 Å². The molecule has 0 heterocycles. The Morgan fingerprint density at radius 1 is 1.53 bits per heavy atom. The van der Waals surface area contributed by atoms with Crippen molar-refractivity contribution in [2.45, 2.75) is 19.5 Å². The van der Waals surface area contributed by atoms with Crippen molar-refractivity contribution in [1.82, 2.24) is 4.90 Å². The van der Waals surface area contributed by atoms with E-state index in [2.05, 4.69) is 22.6 Å². The van der Waals surface area contributed by atoms with Gasteiger partial charge in [-0.2, -0.15) is 0 Å². The first-order chi connectivity index (χ1) is 7.02. The Hall–Kier alpha value is -0.620. The maximum Gasteiger partial charge on any atom is 0.320 e. The number of nitrogens with zero attached hydrogens (tertiary/aromatic N) is 1. The normalized spacial score (nSPS) is 12.8. The number of halogens is 1. The third-order valence-corrected chi connectivity index (χ3v) is 3.45. The molecule has 0 spiro atoms. The van der Waals surface area contributed by atoms with Crippen LogP contribution < -0.4 is 0 Å². The highest BCUT2D eigenvalue weighted by Crippen LogP contribution is 2.14. The molecular weight excluding hydrogens is 305 g/mol. The van der Waals surface area contributed by atoms with E-state index < -0.39 is 12.0 Å². The van der Waals surface area contributed by atoms with Gasteiger partial charge in [0.1, 0.15) is 6.04 Å². The molecule has 0 bridgehead atoms. The number of benzene rings is 1. The summed E-state index contributed by atoms with van der Waals surface area (Å²) >= 11 is 2.26. The molecule has 15 heavy (non-hydrogen) atoms. The van der Waals surface area contributed by atoms with Crippen LogP contribution in [-0.2, 0) is 11.3 Å². The lowest BCUT2D eigenvalue weighted by molar-refractivity contribution is -0.142. The fourth-order valence-electron chi connectivity index (χ4n) is 1.22. The first kappa shape index (κ1) is 12.4. The van der Waals surface area contributed by atoms with Crippen LogP contribution in [0.5, 0.6) is 0 Å². The highest BCUT2D eigenvalue weighted by molar-refractivity contribution is 14.1. The van der Waals surface area contributed by atoms with Crippen LogP contribution in [0, 0.1) is 3.57 Å². The molecule has 1 N–H and O–H groups in total. The van der Waals surface area contributed by atoms with Crippen LogP contribution in [0.3, 0.4) is 0 Å². The SMILES string of the molecule is C[C@@H](C(=O)O)N(C)Cc1ccccc1I. The molecule has 0 unspecified atom stereocenters. The summed E-state index contributed by atoms with van der Waals surface area (Å²) in [6, 6.07) is 7.53. The number of aliphatic carboxylic acids is 1. The van der Waals surface area contributed by atoms with Crippen molar-refractivity contribution in [3.05, 3.63) is 33.4 Å². The average molecular weight is 319 g/mol. The third-order valence-electron chi connectivity index (χ3n) is 2.40. The molecule has 0 saturated carbocycles. The van der Waals surface area contributed by atoms with Crippen LogP contribution in [0.1, 0.15) is 12.5 Å². The summed E-state index contributed by atoms with van der Waals surface area (Å²) in [5, 5.41) is 8.86. The smallest absolute Gasteiger partial charge is 0.320 e. The fraction of sp³-hybridized carbons (Fsp3) is 0.364. The molecule has 1 aromatic rings. The Kier molecular flexibility index (Phi) is 4.53. The van der Waals surface area contributed by atoms with E-state index in [4.69, 9.17) is 5.11 Å². The summed E-state index contributed by atoms with van der Waals surface area (Å²) in [5.74, 6) is -0.788. The molecule has 0 radical (unpaired) electrons. The second kappa shape index (κ2) is 5.46. The van der Waals surface area contributed by atoms with Crippen molar-refractivity contribution in [1.29, 1.82) is 0 Å². The summed E-state index contributed by atoms with van der Waals surface area (Å²) in [5.41, 5.74) is 1.16. The lowest BCUT2D eigenvalue weighted by Crippen LogP contribution is -2.35. The predicted molar refractivity (Wildman–Crippen MR) is 67.7 cm³/mol. The largest absolute Gasteiger partial charge is 0.480 e. The maximum atomic E-state index is 10.8. The van der Waals surface area contributed by atoms with Gasteiger partial charge in [-0.3, -0.25) is 9.69 Å². The lowest BCUT2D eigenvalue weighted by atomic mass is 10.2. The molecule has 0 fully saturated rings. The minimum absolute atomic E-state index is 0.457. The Balaban J connectivity index is 2.70. The summed E-state index contributed by atoms with van der Waals surface area (Å²) in [6.07, 6.45) is 0. The molecule has 82 valence electrons. The molecule has 0 aliphatic carbocycles. The van der Waals surface area contributed by atoms with Crippen LogP contribution in [0.15, 0.2) is 24.3 Å². The van der Waals surface area contributed by atoms with Gasteiger partial charge >= 0.3 is 5.97 Å². The summed E-state index contributed by atoms with van der Waals surface area (Å²) in [4.78, 5) is 12.6. The third kappa shape index (κ3) is 3.46. The minimum Gasteiger partial charge on any atom is -0.480 e. The number of likely N-dealkylation sites (N-methyl/N-ethyl adjacent to an activating group) is 1. The van der Waals surface area contributed by atoms with E-state index in [-0.39, 0.29) is 0 Å². The molecule has 0 aliphatic heterocycles. The molecular formula is C11H14INO2. The summed E-state index contributed by atoms with van der Waals surface area (Å²) in [7, 11) is 1.82. The second-order valence-electron chi connectivity index (χ2n) is 3.52. The van der Waals surface area contributed by atoms with Gasteiger partial charge in [-0.05, 0) is 48.2 Å². The Labute approximate surface area is 103 Å². The van der Waals surface area contributed by atoms with E-state index in [1.165, 1.54) is 3.57 Å². The Morgan fingerprint density at radius 3 is 2.67 bits per heavy atom. The van der Waals surface area contributed by atoms with Crippen molar-refractivity contribution < 1.29 is 9.90 Å². The zero-order valence-electron chi connectivity index (χ0n) is 8.77. The second-order valence-corrected chi connectivity index (χ2v) is 4.68. The highest BCUT2D eigenvalue weighted by atomic mass is 127. The highest BCUT2D eigenvalue weighted by Gasteiger charge is 2.17. The van der Waals surface area contributed by atoms with Crippen LogP contribution in [0.4, 0.5) is 0 Å². The Morgan fingerprint density at radius 2 is 2.13 bits per heavy atom. The van der Waals surface area contributed by atoms with Gasteiger partial charge in [-0.1, -0.05) is 18.2 Å². The topological polar surface area (TPSA) is 40.5 Å². The first-order valence-corrected chi connectivity index (χ1v) is 5.76. The van der Waals surface area contributed by atoms with Gasteiger partial charge in [0, 0.05) is 10.1 Å². The van der Waals surface area contributed by atoms with E-state index in [1.54, 1.807) is 6.92 Å². The lowest BCUT2D eigenvalue weighted by Gasteiger charge is -2.21. The van der Waals surface area contributed by atoms with E-state index in [0.717, 1.165) is 5.56 Å². The van der Waals surface area contributed by atoms with E-state index in [0.29, 0.717) is 6.54 Å². The summed E-state index contributed by atoms with van der Waals surface area (Å²) in [6.45, 7) is 2.35. The van der Waals surface area contributed by atoms with Crippen LogP contribution in [-0.4, -0.2) is 29.1 Å². The average Bonchev–Trinajstić information content (AvgIpc) is 2.20. The van der Waals surface area contributed by atoms with Crippen LogP contribution in [0.25, 0.3) is 0 Å². The van der Waals surface area contributed by atoms with Gasteiger partial charge in [0.05, 0.1) is 0 Å². The molecule has 0 aromatic heterocycles.